The van der Waals surface area contributed by atoms with Gasteiger partial charge in [0.25, 0.3) is 0 Å². The van der Waals surface area contributed by atoms with E-state index in [1.807, 2.05) is 11.9 Å². The fraction of sp³-hybridized carbons (Fsp3) is 0.923. The van der Waals surface area contributed by atoms with Crippen molar-refractivity contribution in [3.8, 4) is 0 Å². The molecule has 0 saturated heterocycles. The lowest BCUT2D eigenvalue weighted by atomic mass is 9.86. The first-order chi connectivity index (χ1) is 7.69. The lowest BCUT2D eigenvalue weighted by Gasteiger charge is -2.34. The third kappa shape index (κ3) is 3.78. The standard InChI is InChI=1S/C13H25NO2/c1-3-4-5-13(16)14(2)12-8-6-11(10-15)7-9-12/h11-12,15H,3-10H2,1-2H3. The van der Waals surface area contributed by atoms with Crippen molar-refractivity contribution >= 4 is 5.91 Å². The molecule has 1 aliphatic carbocycles. The smallest absolute Gasteiger partial charge is 0.222 e. The van der Waals surface area contributed by atoms with Gasteiger partial charge in [-0.1, -0.05) is 13.3 Å². The zero-order valence-electron chi connectivity index (χ0n) is 10.6. The normalized spacial score (nSPS) is 25.4. The van der Waals surface area contributed by atoms with Crippen LogP contribution in [0.1, 0.15) is 51.9 Å². The van der Waals surface area contributed by atoms with Gasteiger partial charge in [0.15, 0.2) is 0 Å². The molecule has 94 valence electrons. The molecule has 1 amide bonds. The van der Waals surface area contributed by atoms with Gasteiger partial charge >= 0.3 is 0 Å². The van der Waals surface area contributed by atoms with E-state index in [0.717, 1.165) is 38.5 Å². The summed E-state index contributed by atoms with van der Waals surface area (Å²) in [6.45, 7) is 2.42. The molecule has 3 nitrogen and oxygen atoms in total. The van der Waals surface area contributed by atoms with Crippen LogP contribution in [0.25, 0.3) is 0 Å². The molecule has 1 aliphatic rings. The molecule has 3 heteroatoms. The van der Waals surface area contributed by atoms with Crippen LogP contribution in [0.2, 0.25) is 0 Å². The van der Waals surface area contributed by atoms with Crippen LogP contribution in [-0.2, 0) is 4.79 Å². The summed E-state index contributed by atoms with van der Waals surface area (Å²) in [5, 5.41) is 9.06. The van der Waals surface area contributed by atoms with Crippen LogP contribution in [0.15, 0.2) is 0 Å². The second kappa shape index (κ2) is 6.89. The highest BCUT2D eigenvalue weighted by molar-refractivity contribution is 5.76. The number of aliphatic hydroxyl groups is 1. The highest BCUT2D eigenvalue weighted by Gasteiger charge is 2.25. The van der Waals surface area contributed by atoms with Crippen molar-refractivity contribution in [3.05, 3.63) is 0 Å². The van der Waals surface area contributed by atoms with E-state index < -0.39 is 0 Å². The molecule has 0 aromatic carbocycles. The number of nitrogens with zero attached hydrogens (tertiary/aromatic N) is 1. The molecule has 0 aromatic heterocycles. The lowest BCUT2D eigenvalue weighted by molar-refractivity contribution is -0.132. The van der Waals surface area contributed by atoms with Crippen LogP contribution in [0.3, 0.4) is 0 Å². The predicted molar refractivity (Wildman–Crippen MR) is 65.1 cm³/mol. The van der Waals surface area contributed by atoms with Crippen molar-refractivity contribution in [1.29, 1.82) is 0 Å². The fourth-order valence-electron chi connectivity index (χ4n) is 2.42. The molecule has 1 rings (SSSR count). The maximum atomic E-state index is 11.8. The molecule has 1 saturated carbocycles. The average molecular weight is 227 g/mol. The Morgan fingerprint density at radius 1 is 1.31 bits per heavy atom. The molecule has 1 fully saturated rings. The van der Waals surface area contributed by atoms with Gasteiger partial charge in [-0.3, -0.25) is 4.79 Å². The van der Waals surface area contributed by atoms with Gasteiger partial charge in [-0.05, 0) is 38.0 Å². The van der Waals surface area contributed by atoms with E-state index in [1.165, 1.54) is 0 Å². The molecule has 0 radical (unpaired) electrons. The highest BCUT2D eigenvalue weighted by atomic mass is 16.3. The topological polar surface area (TPSA) is 40.5 Å². The Kier molecular flexibility index (Phi) is 5.81. The van der Waals surface area contributed by atoms with E-state index in [4.69, 9.17) is 5.11 Å². The quantitative estimate of drug-likeness (QED) is 0.782. The maximum absolute atomic E-state index is 11.8. The van der Waals surface area contributed by atoms with E-state index in [-0.39, 0.29) is 5.91 Å². The minimum Gasteiger partial charge on any atom is -0.396 e. The van der Waals surface area contributed by atoms with Gasteiger partial charge in [-0.2, -0.15) is 0 Å². The number of aliphatic hydroxyl groups excluding tert-OH is 1. The van der Waals surface area contributed by atoms with Crippen LogP contribution in [0.4, 0.5) is 0 Å². The van der Waals surface area contributed by atoms with Gasteiger partial charge < -0.3 is 10.0 Å². The largest absolute Gasteiger partial charge is 0.396 e. The average Bonchev–Trinajstić information content (AvgIpc) is 2.35. The Balaban J connectivity index is 2.32. The molecule has 1 N–H and O–H groups in total. The fourth-order valence-corrected chi connectivity index (χ4v) is 2.42. The van der Waals surface area contributed by atoms with Crippen molar-refractivity contribution in [1.82, 2.24) is 4.90 Å². The summed E-state index contributed by atoms with van der Waals surface area (Å²) in [5.41, 5.74) is 0. The second-order valence-corrected chi connectivity index (χ2v) is 4.97. The van der Waals surface area contributed by atoms with E-state index in [0.29, 0.717) is 25.0 Å². The number of rotatable bonds is 5. The molecule has 0 spiro atoms. The first-order valence-corrected chi connectivity index (χ1v) is 6.55. The Labute approximate surface area is 98.8 Å². The molecule has 0 heterocycles. The summed E-state index contributed by atoms with van der Waals surface area (Å²) in [4.78, 5) is 13.8. The SMILES string of the molecule is CCCCC(=O)N(C)C1CCC(CO)CC1. The molecule has 16 heavy (non-hydrogen) atoms. The molecular weight excluding hydrogens is 202 g/mol. The first kappa shape index (κ1) is 13.5. The number of carbonyl (C=O) groups is 1. The van der Waals surface area contributed by atoms with Crippen LogP contribution in [0, 0.1) is 5.92 Å². The van der Waals surface area contributed by atoms with Gasteiger partial charge in [0.1, 0.15) is 0 Å². The Morgan fingerprint density at radius 3 is 2.44 bits per heavy atom. The predicted octanol–water partition coefficient (Wildman–Crippen LogP) is 2.19. The Bertz CT molecular complexity index is 210. The van der Waals surface area contributed by atoms with Crippen molar-refractivity contribution < 1.29 is 9.90 Å². The summed E-state index contributed by atoms with van der Waals surface area (Å²) in [5.74, 6) is 0.754. The first-order valence-electron chi connectivity index (χ1n) is 6.55. The minimum absolute atomic E-state index is 0.286. The number of unbranched alkanes of at least 4 members (excludes halogenated alkanes) is 1. The minimum atomic E-state index is 0.286. The van der Waals surface area contributed by atoms with Gasteiger partial charge in [0, 0.05) is 26.1 Å². The van der Waals surface area contributed by atoms with Crippen LogP contribution in [0.5, 0.6) is 0 Å². The number of amides is 1. The zero-order chi connectivity index (χ0) is 12.0. The van der Waals surface area contributed by atoms with Gasteiger partial charge in [-0.15, -0.1) is 0 Å². The molecule has 0 aliphatic heterocycles. The van der Waals surface area contributed by atoms with E-state index >= 15 is 0 Å². The molecule has 0 bridgehead atoms. The van der Waals surface area contributed by atoms with Gasteiger partial charge in [0.2, 0.25) is 5.91 Å². The molecular formula is C13H25NO2. The maximum Gasteiger partial charge on any atom is 0.222 e. The van der Waals surface area contributed by atoms with E-state index in [1.54, 1.807) is 0 Å². The van der Waals surface area contributed by atoms with Gasteiger partial charge in [0.05, 0.1) is 0 Å². The number of hydrogen-bond acceptors (Lipinski definition) is 2. The highest BCUT2D eigenvalue weighted by Crippen LogP contribution is 2.26. The number of carbonyl (C=O) groups excluding carboxylic acids is 1. The molecule has 0 aromatic rings. The Morgan fingerprint density at radius 2 is 1.94 bits per heavy atom. The molecule has 0 atom stereocenters. The monoisotopic (exact) mass is 227 g/mol. The van der Waals surface area contributed by atoms with Crippen LogP contribution >= 0.6 is 0 Å². The summed E-state index contributed by atoms with van der Waals surface area (Å²) >= 11 is 0. The van der Waals surface area contributed by atoms with Crippen LogP contribution < -0.4 is 0 Å². The summed E-state index contributed by atoms with van der Waals surface area (Å²) in [6, 6.07) is 0.409. The van der Waals surface area contributed by atoms with Crippen LogP contribution in [-0.4, -0.2) is 35.6 Å². The third-order valence-electron chi connectivity index (χ3n) is 3.76. The van der Waals surface area contributed by atoms with E-state index in [9.17, 15) is 4.79 Å². The zero-order valence-corrected chi connectivity index (χ0v) is 10.6. The van der Waals surface area contributed by atoms with Crippen molar-refractivity contribution in [3.63, 3.8) is 0 Å². The van der Waals surface area contributed by atoms with Crippen molar-refractivity contribution in [2.75, 3.05) is 13.7 Å². The Hall–Kier alpha value is -0.570. The van der Waals surface area contributed by atoms with E-state index in [2.05, 4.69) is 6.92 Å². The third-order valence-corrected chi connectivity index (χ3v) is 3.76. The van der Waals surface area contributed by atoms with Crippen molar-refractivity contribution in [2.45, 2.75) is 57.9 Å². The number of hydrogen-bond donors (Lipinski definition) is 1. The second-order valence-electron chi connectivity index (χ2n) is 4.97. The molecule has 0 unspecified atom stereocenters. The lowest BCUT2D eigenvalue weighted by Crippen LogP contribution is -2.39. The van der Waals surface area contributed by atoms with Crippen molar-refractivity contribution in [2.24, 2.45) is 5.92 Å². The summed E-state index contributed by atoms with van der Waals surface area (Å²) < 4.78 is 0. The summed E-state index contributed by atoms with van der Waals surface area (Å²) in [6.07, 6.45) is 7.00. The van der Waals surface area contributed by atoms with Gasteiger partial charge in [-0.25, -0.2) is 0 Å². The summed E-state index contributed by atoms with van der Waals surface area (Å²) in [7, 11) is 1.93.